The van der Waals surface area contributed by atoms with Gasteiger partial charge in [0.2, 0.25) is 0 Å². The first-order chi connectivity index (χ1) is 29.5. The van der Waals surface area contributed by atoms with Crippen molar-refractivity contribution in [1.82, 2.24) is 29.7 Å². The maximum absolute atomic E-state index is 14.1. The van der Waals surface area contributed by atoms with E-state index in [2.05, 4.69) is 159 Å². The van der Waals surface area contributed by atoms with Gasteiger partial charge in [-0.3, -0.25) is 9.37 Å². The van der Waals surface area contributed by atoms with E-state index in [1.165, 1.54) is 29.1 Å². The maximum atomic E-state index is 14.1. The van der Waals surface area contributed by atoms with Gasteiger partial charge in [0.1, 0.15) is 11.9 Å². The van der Waals surface area contributed by atoms with E-state index in [0.29, 0.717) is 22.8 Å². The fourth-order valence-electron chi connectivity index (χ4n) is 7.45. The molecular weight excluding hydrogens is 924 g/mol. The zero-order valence-corrected chi connectivity index (χ0v) is 37.2. The van der Waals surface area contributed by atoms with E-state index >= 15 is 0 Å². The van der Waals surface area contributed by atoms with Crippen LogP contribution in [0.2, 0.25) is 0 Å². The Morgan fingerprint density at radius 3 is 2.22 bits per heavy atom. The molecule has 0 N–H and O–H groups in total. The second-order valence-corrected chi connectivity index (χ2v) is 16.5. The summed E-state index contributed by atoms with van der Waals surface area (Å²) in [5.41, 5.74) is 12.1. The van der Waals surface area contributed by atoms with Gasteiger partial charge in [0.05, 0.1) is 11.4 Å². The summed E-state index contributed by atoms with van der Waals surface area (Å²) >= 11 is 0. The van der Waals surface area contributed by atoms with Crippen LogP contribution in [0.4, 0.5) is 4.39 Å². The Labute approximate surface area is 368 Å². The first-order valence-electron chi connectivity index (χ1n) is 21.3. The van der Waals surface area contributed by atoms with E-state index in [9.17, 15) is 4.39 Å². The summed E-state index contributed by atoms with van der Waals surface area (Å²) in [5.74, 6) is 0.625. The van der Waals surface area contributed by atoms with Gasteiger partial charge in [-0.05, 0) is 63.8 Å². The summed E-state index contributed by atoms with van der Waals surface area (Å²) in [6, 6.07) is 37.5. The number of pyridine rings is 1. The third-order valence-corrected chi connectivity index (χ3v) is 10.6. The molecule has 60 heavy (non-hydrogen) atoms. The molecule has 5 aromatic carbocycles. The zero-order chi connectivity index (χ0) is 44.1. The van der Waals surface area contributed by atoms with Crippen molar-refractivity contribution >= 4 is 33.2 Å². The van der Waals surface area contributed by atoms with E-state index in [4.69, 9.17) is 13.5 Å². The van der Waals surface area contributed by atoms with Gasteiger partial charge in [-0.25, -0.2) is 4.98 Å². The average molecular weight is 974 g/mol. The van der Waals surface area contributed by atoms with Gasteiger partial charge in [0.25, 0.3) is 0 Å². The normalized spacial score (nSPS) is 12.6. The summed E-state index contributed by atoms with van der Waals surface area (Å²) in [4.78, 5) is 13.8. The molecule has 0 aliphatic rings. The smallest absolute Gasteiger partial charge is 0.197 e. The van der Waals surface area contributed by atoms with Gasteiger partial charge in [0.15, 0.2) is 11.3 Å². The number of nitrogens with zero attached hydrogens (tertiary/aromatic N) is 6. The number of aromatic nitrogens is 6. The van der Waals surface area contributed by atoms with E-state index in [0.717, 1.165) is 55.9 Å². The quantitative estimate of drug-likeness (QED) is 0.154. The summed E-state index contributed by atoms with van der Waals surface area (Å²) in [6.45, 7) is 14.8. The molecule has 0 aliphatic carbocycles. The number of halogens is 1. The van der Waals surface area contributed by atoms with Gasteiger partial charge in [-0.15, -0.1) is 52.2 Å². The van der Waals surface area contributed by atoms with Crippen molar-refractivity contribution in [3.8, 4) is 39.5 Å². The number of hydrogen-bond acceptors (Lipinski definition) is 6. The van der Waals surface area contributed by atoms with E-state index in [-0.39, 0.29) is 48.5 Å². The second kappa shape index (κ2) is 17.0. The molecule has 9 aromatic rings. The van der Waals surface area contributed by atoms with Gasteiger partial charge in [-0.2, -0.15) is 0 Å². The SMILES string of the molecule is Cc1cccc(-c2ccc3c(c2)oc2c(-c4nc5ncnnc5n4-c4c(C(C)C)cccc4C(C)C)[c-]ccc23)c1.[2H]C([2H])([2H])c1c[c-]c(-c2ccc(C(C)(C)C)cn2)c(F)c1.[Ir]. The van der Waals surface area contributed by atoms with Gasteiger partial charge in [0, 0.05) is 47.3 Å². The standard InChI is InChI=1S/C35H30N5O.C16H17FN.Ir/c1-20(2)25-11-7-12-26(21(3)4)31(25)40-34(38-33-35(40)39-37-19-36-33)29-14-8-13-28-27-16-15-24(18-30(27)41-32(28)29)23-10-6-9-22(5)17-23;1-11-5-7-13(14(17)9-11)15-8-6-12(10-18-15)16(2,3)4;/h6-13,15-21H,1-5H3;5-6,8-10H,1-4H3;/q2*-1;/i;1D3;. The number of furan rings is 1. The Bertz CT molecular complexity index is 3070. The Morgan fingerprint density at radius 2 is 1.55 bits per heavy atom. The number of hydrogen-bond donors (Lipinski definition) is 0. The van der Waals surface area contributed by atoms with Crippen LogP contribution >= 0.6 is 0 Å². The van der Waals surface area contributed by atoms with Crippen molar-refractivity contribution in [2.24, 2.45) is 0 Å². The van der Waals surface area contributed by atoms with E-state index < -0.39 is 12.7 Å². The van der Waals surface area contributed by atoms with Crippen molar-refractivity contribution in [3.63, 3.8) is 0 Å². The number of imidazole rings is 1. The molecule has 0 unspecified atom stereocenters. The number of para-hydroxylation sites is 1. The van der Waals surface area contributed by atoms with Crippen LogP contribution < -0.4 is 0 Å². The minimum absolute atomic E-state index is 0. The fourth-order valence-corrected chi connectivity index (χ4v) is 7.45. The molecular formula is C51H47FIrN6O-2. The van der Waals surface area contributed by atoms with Crippen LogP contribution in [0.5, 0.6) is 0 Å². The van der Waals surface area contributed by atoms with Crippen molar-refractivity contribution in [3.05, 3.63) is 155 Å². The van der Waals surface area contributed by atoms with Crippen LogP contribution in [-0.4, -0.2) is 29.7 Å². The Morgan fingerprint density at radius 1 is 0.800 bits per heavy atom. The van der Waals surface area contributed by atoms with Crippen molar-refractivity contribution in [2.45, 2.75) is 79.5 Å². The first kappa shape index (κ1) is 38.3. The molecule has 0 saturated heterocycles. The Hall–Kier alpha value is -5.89. The molecule has 4 heterocycles. The van der Waals surface area contributed by atoms with Crippen LogP contribution in [0.15, 0.2) is 114 Å². The van der Waals surface area contributed by atoms with Crippen LogP contribution in [0.1, 0.15) is 92.2 Å². The molecule has 9 heteroatoms. The summed E-state index contributed by atoms with van der Waals surface area (Å²) in [5, 5.41) is 10.7. The number of aryl methyl sites for hydroxylation is 2. The maximum Gasteiger partial charge on any atom is 0.197 e. The van der Waals surface area contributed by atoms with Crippen LogP contribution in [0.25, 0.3) is 72.7 Å². The summed E-state index contributed by atoms with van der Waals surface area (Å²) in [6.07, 6.45) is 3.15. The Kier molecular flexibility index (Phi) is 10.9. The third-order valence-electron chi connectivity index (χ3n) is 10.6. The minimum atomic E-state index is -2.33. The monoisotopic (exact) mass is 974 g/mol. The topological polar surface area (TPSA) is 82.5 Å². The minimum Gasteiger partial charge on any atom is -0.501 e. The summed E-state index contributed by atoms with van der Waals surface area (Å²) < 4.78 is 44.6. The molecule has 305 valence electrons. The third kappa shape index (κ3) is 8.17. The van der Waals surface area contributed by atoms with E-state index in [1.54, 1.807) is 12.3 Å². The van der Waals surface area contributed by atoms with Gasteiger partial charge >= 0.3 is 0 Å². The first-order valence-corrected chi connectivity index (χ1v) is 19.8. The predicted octanol–water partition coefficient (Wildman–Crippen LogP) is 13.1. The molecule has 0 bridgehead atoms. The molecule has 7 nitrogen and oxygen atoms in total. The predicted molar refractivity (Wildman–Crippen MR) is 236 cm³/mol. The molecule has 0 amide bonds. The molecule has 4 aromatic heterocycles. The van der Waals surface area contributed by atoms with Crippen molar-refractivity contribution < 1.29 is 33.0 Å². The van der Waals surface area contributed by atoms with E-state index in [1.807, 2.05) is 12.1 Å². The molecule has 0 saturated carbocycles. The molecule has 0 aliphatic heterocycles. The molecule has 1 radical (unpaired) electrons. The number of rotatable bonds is 6. The van der Waals surface area contributed by atoms with Crippen LogP contribution in [0.3, 0.4) is 0 Å². The molecule has 0 atom stereocenters. The summed E-state index contributed by atoms with van der Waals surface area (Å²) in [7, 11) is 0. The number of benzene rings is 5. The average Bonchev–Trinajstić information content (AvgIpc) is 3.81. The zero-order valence-electron chi connectivity index (χ0n) is 37.8. The van der Waals surface area contributed by atoms with Crippen molar-refractivity contribution in [2.75, 3.05) is 0 Å². The fraction of sp³-hybridized carbons (Fsp3) is 0.235. The van der Waals surface area contributed by atoms with Crippen molar-refractivity contribution in [1.29, 1.82) is 0 Å². The molecule has 0 fully saturated rings. The molecule has 0 spiro atoms. The Balaban J connectivity index is 0.000000229. The van der Waals surface area contributed by atoms with Crippen LogP contribution in [-0.2, 0) is 25.5 Å². The van der Waals surface area contributed by atoms with Gasteiger partial charge < -0.3 is 14.0 Å². The van der Waals surface area contributed by atoms with Crippen LogP contribution in [0, 0.1) is 31.7 Å². The molecule has 9 rings (SSSR count). The second-order valence-electron chi connectivity index (χ2n) is 16.5. The number of fused-ring (bicyclic) bond motifs is 4. The largest absolute Gasteiger partial charge is 0.501 e. The van der Waals surface area contributed by atoms with Gasteiger partial charge in [-0.1, -0.05) is 144 Å².